The van der Waals surface area contributed by atoms with Crippen molar-refractivity contribution >= 4 is 24.0 Å². The second-order valence-corrected chi connectivity index (χ2v) is 4.77. The summed E-state index contributed by atoms with van der Waals surface area (Å²) in [5.41, 5.74) is 0.288. The van der Waals surface area contributed by atoms with E-state index in [1.165, 1.54) is 18.2 Å². The summed E-state index contributed by atoms with van der Waals surface area (Å²) in [6.45, 7) is 3.37. The van der Waals surface area contributed by atoms with Crippen LogP contribution < -0.4 is 15.4 Å². The number of alkyl halides is 3. The third-order valence-corrected chi connectivity index (χ3v) is 3.27. The van der Waals surface area contributed by atoms with Crippen LogP contribution in [0.2, 0.25) is 0 Å². The number of anilines is 1. The molecule has 0 radical (unpaired) electrons. The van der Waals surface area contributed by atoms with Gasteiger partial charge in [-0.3, -0.25) is 4.79 Å². The highest BCUT2D eigenvalue weighted by Crippen LogP contribution is 2.26. The number of amides is 1. The molecule has 8 heteroatoms. The van der Waals surface area contributed by atoms with Crippen molar-refractivity contribution in [2.24, 2.45) is 11.8 Å². The molecule has 2 N–H and O–H groups in total. The summed E-state index contributed by atoms with van der Waals surface area (Å²) in [4.78, 5) is 11.9. The van der Waals surface area contributed by atoms with E-state index in [2.05, 4.69) is 15.4 Å². The fourth-order valence-electron chi connectivity index (χ4n) is 1.91. The van der Waals surface area contributed by atoms with E-state index in [4.69, 9.17) is 0 Å². The summed E-state index contributed by atoms with van der Waals surface area (Å²) in [5, 5.41) is 5.67. The molecule has 0 saturated carbocycles. The maximum atomic E-state index is 12.1. The number of carbonyl (C=O) groups is 1. The van der Waals surface area contributed by atoms with E-state index < -0.39 is 6.36 Å². The van der Waals surface area contributed by atoms with E-state index in [9.17, 15) is 18.0 Å². The Bertz CT molecular complexity index is 493. The fourth-order valence-corrected chi connectivity index (χ4v) is 1.91. The van der Waals surface area contributed by atoms with Crippen LogP contribution in [0.25, 0.3) is 0 Å². The first-order valence-corrected chi connectivity index (χ1v) is 6.22. The Kier molecular flexibility index (Phi) is 5.86. The van der Waals surface area contributed by atoms with Gasteiger partial charge in [0.25, 0.3) is 0 Å². The zero-order valence-electron chi connectivity index (χ0n) is 11.2. The van der Waals surface area contributed by atoms with Gasteiger partial charge in [0.05, 0.1) is 0 Å². The largest absolute Gasteiger partial charge is 0.573 e. The maximum Gasteiger partial charge on any atom is 0.573 e. The molecular formula is C13H16ClF3N2O2. The first-order valence-electron chi connectivity index (χ1n) is 6.22. The minimum atomic E-state index is -4.74. The van der Waals surface area contributed by atoms with Gasteiger partial charge in [0, 0.05) is 17.7 Å². The Morgan fingerprint density at radius 2 is 2.10 bits per heavy atom. The van der Waals surface area contributed by atoms with Gasteiger partial charge in [-0.1, -0.05) is 13.0 Å². The van der Waals surface area contributed by atoms with Gasteiger partial charge in [-0.05, 0) is 31.1 Å². The van der Waals surface area contributed by atoms with Gasteiger partial charge < -0.3 is 15.4 Å². The molecule has 1 aromatic carbocycles. The predicted octanol–water partition coefficient (Wildman–Crippen LogP) is 2.80. The van der Waals surface area contributed by atoms with Gasteiger partial charge in [-0.15, -0.1) is 25.6 Å². The molecule has 1 aliphatic heterocycles. The van der Waals surface area contributed by atoms with Crippen LogP contribution in [-0.4, -0.2) is 25.4 Å². The van der Waals surface area contributed by atoms with Gasteiger partial charge in [0.15, 0.2) is 0 Å². The summed E-state index contributed by atoms with van der Waals surface area (Å²) in [6, 6.07) is 5.25. The van der Waals surface area contributed by atoms with Crippen molar-refractivity contribution in [1.82, 2.24) is 5.32 Å². The highest BCUT2D eigenvalue weighted by atomic mass is 35.5. The lowest BCUT2D eigenvalue weighted by atomic mass is 9.88. The molecule has 1 unspecified atom stereocenters. The number of ether oxygens (including phenoxy) is 1. The van der Waals surface area contributed by atoms with Gasteiger partial charge in [-0.25, -0.2) is 0 Å². The molecule has 0 spiro atoms. The SMILES string of the molecule is CC(C(=O)Nc1cccc(OC(F)(F)F)c1)C1CNC1.Cl. The van der Waals surface area contributed by atoms with Crippen LogP contribution in [0.1, 0.15) is 6.92 Å². The third-order valence-electron chi connectivity index (χ3n) is 3.27. The lowest BCUT2D eigenvalue weighted by Gasteiger charge is -2.31. The highest BCUT2D eigenvalue weighted by molar-refractivity contribution is 5.92. The molecule has 2 rings (SSSR count). The van der Waals surface area contributed by atoms with E-state index in [1.54, 1.807) is 6.92 Å². The highest BCUT2D eigenvalue weighted by Gasteiger charge is 2.31. The third kappa shape index (κ3) is 5.09. The van der Waals surface area contributed by atoms with Crippen molar-refractivity contribution in [3.05, 3.63) is 24.3 Å². The smallest absolute Gasteiger partial charge is 0.406 e. The van der Waals surface area contributed by atoms with E-state index in [-0.39, 0.29) is 41.6 Å². The van der Waals surface area contributed by atoms with Crippen LogP contribution >= 0.6 is 12.4 Å². The summed E-state index contributed by atoms with van der Waals surface area (Å²) >= 11 is 0. The molecule has 1 aromatic rings. The molecule has 1 aliphatic rings. The predicted molar refractivity (Wildman–Crippen MR) is 74.5 cm³/mol. The summed E-state index contributed by atoms with van der Waals surface area (Å²) in [5.74, 6) is -0.484. The first kappa shape index (κ1) is 17.6. The minimum Gasteiger partial charge on any atom is -0.406 e. The Hall–Kier alpha value is -1.47. The monoisotopic (exact) mass is 324 g/mol. The standard InChI is InChI=1S/C13H15F3N2O2.ClH/c1-8(9-6-17-7-9)12(19)18-10-3-2-4-11(5-10)20-13(14,15)16;/h2-5,8-9,17H,6-7H2,1H3,(H,18,19);1H. The van der Waals surface area contributed by atoms with Gasteiger partial charge in [0.2, 0.25) is 5.91 Å². The molecule has 118 valence electrons. The van der Waals surface area contributed by atoms with Crippen LogP contribution in [0.4, 0.5) is 18.9 Å². The first-order chi connectivity index (χ1) is 9.35. The number of hydrogen-bond donors (Lipinski definition) is 2. The zero-order chi connectivity index (χ0) is 14.8. The van der Waals surface area contributed by atoms with Crippen molar-refractivity contribution in [2.75, 3.05) is 18.4 Å². The summed E-state index contributed by atoms with van der Waals surface area (Å²) < 4.78 is 40.1. The quantitative estimate of drug-likeness (QED) is 0.895. The van der Waals surface area contributed by atoms with Crippen molar-refractivity contribution in [3.8, 4) is 5.75 Å². The summed E-state index contributed by atoms with van der Waals surface area (Å²) in [6.07, 6.45) is -4.74. The van der Waals surface area contributed by atoms with Crippen molar-refractivity contribution in [1.29, 1.82) is 0 Å². The minimum absolute atomic E-state index is 0. The average Bonchev–Trinajstić information content (AvgIpc) is 2.24. The van der Waals surface area contributed by atoms with Crippen LogP contribution in [0, 0.1) is 11.8 Å². The average molecular weight is 325 g/mol. The number of nitrogens with one attached hydrogen (secondary N) is 2. The normalized spacial score (nSPS) is 16.4. The molecule has 21 heavy (non-hydrogen) atoms. The molecule has 1 atom stereocenters. The number of carbonyl (C=O) groups excluding carboxylic acids is 1. The molecule has 1 fully saturated rings. The van der Waals surface area contributed by atoms with Crippen LogP contribution in [0.5, 0.6) is 5.75 Å². The number of rotatable bonds is 4. The molecule has 1 amide bonds. The molecule has 0 aliphatic carbocycles. The van der Waals surface area contributed by atoms with Crippen LogP contribution in [0.3, 0.4) is 0 Å². The van der Waals surface area contributed by atoms with Gasteiger partial charge >= 0.3 is 6.36 Å². The van der Waals surface area contributed by atoms with Crippen LogP contribution in [-0.2, 0) is 4.79 Å². The van der Waals surface area contributed by atoms with Crippen molar-refractivity contribution in [2.45, 2.75) is 13.3 Å². The molecule has 0 aromatic heterocycles. The second kappa shape index (κ2) is 7.00. The number of hydrogen-bond acceptors (Lipinski definition) is 3. The van der Waals surface area contributed by atoms with E-state index >= 15 is 0 Å². The Morgan fingerprint density at radius 1 is 1.43 bits per heavy atom. The van der Waals surface area contributed by atoms with E-state index in [1.807, 2.05) is 0 Å². The molecular weight excluding hydrogens is 309 g/mol. The van der Waals surface area contributed by atoms with E-state index in [0.717, 1.165) is 19.2 Å². The van der Waals surface area contributed by atoms with Gasteiger partial charge in [-0.2, -0.15) is 0 Å². The molecule has 0 bridgehead atoms. The van der Waals surface area contributed by atoms with Crippen molar-refractivity contribution in [3.63, 3.8) is 0 Å². The maximum absolute atomic E-state index is 12.1. The lowest BCUT2D eigenvalue weighted by molar-refractivity contribution is -0.274. The molecule has 1 saturated heterocycles. The Morgan fingerprint density at radius 3 is 2.62 bits per heavy atom. The topological polar surface area (TPSA) is 50.4 Å². The number of benzene rings is 1. The fraction of sp³-hybridized carbons (Fsp3) is 0.462. The zero-order valence-corrected chi connectivity index (χ0v) is 12.1. The lowest BCUT2D eigenvalue weighted by Crippen LogP contribution is -2.48. The Labute approximate surface area is 126 Å². The van der Waals surface area contributed by atoms with Gasteiger partial charge in [0.1, 0.15) is 5.75 Å². The number of halogens is 4. The molecule has 1 heterocycles. The Balaban J connectivity index is 0.00000220. The van der Waals surface area contributed by atoms with E-state index in [0.29, 0.717) is 0 Å². The van der Waals surface area contributed by atoms with Crippen molar-refractivity contribution < 1.29 is 22.7 Å². The van der Waals surface area contributed by atoms with Crippen LogP contribution in [0.15, 0.2) is 24.3 Å². The molecule has 4 nitrogen and oxygen atoms in total. The summed E-state index contributed by atoms with van der Waals surface area (Å²) in [7, 11) is 0. The second-order valence-electron chi connectivity index (χ2n) is 4.77.